The van der Waals surface area contributed by atoms with Crippen molar-refractivity contribution in [2.45, 2.75) is 11.8 Å². The molecule has 3 N–H and O–H groups in total. The van der Waals surface area contributed by atoms with Gasteiger partial charge >= 0.3 is 11.1 Å². The fourth-order valence-corrected chi connectivity index (χ4v) is 4.00. The van der Waals surface area contributed by atoms with E-state index in [-0.39, 0.29) is 5.02 Å². The number of aromatic nitrogens is 3. The maximum absolute atomic E-state index is 13.4. The van der Waals surface area contributed by atoms with Gasteiger partial charge in [-0.25, -0.2) is 9.37 Å². The van der Waals surface area contributed by atoms with E-state index in [2.05, 4.69) is 19.7 Å². The number of halogens is 3. The van der Waals surface area contributed by atoms with Gasteiger partial charge < -0.3 is 14.7 Å². The lowest BCUT2D eigenvalue weighted by atomic mass is 10.1. The fraction of sp³-hybridized carbons (Fsp3) is 0.0500. The lowest BCUT2D eigenvalue weighted by Gasteiger charge is -2.11. The van der Waals surface area contributed by atoms with Crippen LogP contribution in [-0.4, -0.2) is 15.0 Å². The molecule has 30 heavy (non-hydrogen) atoms. The van der Waals surface area contributed by atoms with Crippen molar-refractivity contribution < 1.29 is 4.39 Å². The third kappa shape index (κ3) is 4.07. The number of nitrogens with one attached hydrogen (secondary N) is 3. The van der Waals surface area contributed by atoms with Gasteiger partial charge in [-0.1, -0.05) is 29.3 Å². The number of hydrogen-bond donors (Lipinski definition) is 3. The minimum absolute atomic E-state index is 0.00693. The van der Waals surface area contributed by atoms with Crippen LogP contribution in [0.15, 0.2) is 57.1 Å². The number of hydrogen-bond acceptors (Lipinski definition) is 5. The van der Waals surface area contributed by atoms with Crippen molar-refractivity contribution >= 4 is 52.0 Å². The second-order valence-corrected chi connectivity index (χ2v) is 8.12. The van der Waals surface area contributed by atoms with E-state index in [1.54, 1.807) is 30.5 Å². The maximum atomic E-state index is 13.4. The van der Waals surface area contributed by atoms with E-state index in [4.69, 9.17) is 23.2 Å². The predicted molar refractivity (Wildman–Crippen MR) is 119 cm³/mol. The lowest BCUT2D eigenvalue weighted by molar-refractivity contribution is 0.628. The molecule has 0 amide bonds. The molecule has 0 atom stereocenters. The first-order chi connectivity index (χ1) is 14.3. The molecule has 6 nitrogen and oxygen atoms in total. The molecule has 2 aromatic carbocycles. The smallest absolute Gasteiger partial charge is 0.314 e. The zero-order chi connectivity index (χ0) is 21.4. The summed E-state index contributed by atoms with van der Waals surface area (Å²) in [6, 6.07) is 9.53. The normalized spacial score (nSPS) is 11.1. The Morgan fingerprint density at radius 2 is 1.70 bits per heavy atom. The van der Waals surface area contributed by atoms with Crippen LogP contribution in [0, 0.1) is 12.7 Å². The van der Waals surface area contributed by atoms with E-state index in [0.717, 1.165) is 10.5 Å². The van der Waals surface area contributed by atoms with Gasteiger partial charge in [-0.05, 0) is 54.3 Å². The number of aromatic amines is 2. The number of H-pyrrole nitrogens is 2. The van der Waals surface area contributed by atoms with Gasteiger partial charge in [0, 0.05) is 22.7 Å². The summed E-state index contributed by atoms with van der Waals surface area (Å²) in [6.45, 7) is 1.88. The Kier molecular flexibility index (Phi) is 5.55. The predicted octanol–water partition coefficient (Wildman–Crippen LogP) is 5.15. The zero-order valence-electron chi connectivity index (χ0n) is 15.3. The largest absolute Gasteiger partial charge is 0.316 e. The van der Waals surface area contributed by atoms with Gasteiger partial charge in [0.2, 0.25) is 0 Å². The van der Waals surface area contributed by atoms with E-state index in [9.17, 15) is 14.0 Å². The molecule has 152 valence electrons. The molecule has 0 radical (unpaired) electrons. The van der Waals surface area contributed by atoms with Crippen LogP contribution in [0.1, 0.15) is 5.56 Å². The first-order valence-electron chi connectivity index (χ1n) is 8.62. The number of anilines is 1. The summed E-state index contributed by atoms with van der Waals surface area (Å²) in [7, 11) is 0. The molecule has 0 aliphatic carbocycles. The van der Waals surface area contributed by atoms with Crippen LogP contribution in [0.2, 0.25) is 10.0 Å². The number of pyridine rings is 1. The molecule has 0 saturated carbocycles. The molecule has 4 rings (SSSR count). The highest BCUT2D eigenvalue weighted by molar-refractivity contribution is 8.00. The summed E-state index contributed by atoms with van der Waals surface area (Å²) < 4.78 is 16.5. The SMILES string of the molecule is Cc1cc2[nH]c(=O)c(=O)[nH]c2cc1SNc1cc(Cl)c(-c2ccc(F)c(Cl)c2)cn1. The number of aryl methyl sites for hydroxylation is 1. The van der Waals surface area contributed by atoms with Gasteiger partial charge in [0.25, 0.3) is 0 Å². The van der Waals surface area contributed by atoms with Crippen LogP contribution in [0.25, 0.3) is 22.2 Å². The molecular formula is C20H13Cl2FN4O2S. The van der Waals surface area contributed by atoms with E-state index < -0.39 is 16.9 Å². The molecule has 10 heteroatoms. The minimum atomic E-state index is -0.708. The monoisotopic (exact) mass is 462 g/mol. The van der Waals surface area contributed by atoms with Crippen LogP contribution in [0.5, 0.6) is 0 Å². The molecule has 0 bridgehead atoms. The Bertz CT molecular complexity index is 1400. The topological polar surface area (TPSA) is 90.6 Å². The first kappa shape index (κ1) is 20.5. The standard InChI is InChI=1S/C20H13Cl2FN4O2S/c1-9-4-15-16(26-20(29)19(28)25-15)7-17(9)30-27-18-6-12(21)11(8-24-18)10-2-3-14(23)13(22)5-10/h2-8H,1H3,(H,24,27)(H,25,28)(H,26,29). The van der Waals surface area contributed by atoms with Gasteiger partial charge in [0.1, 0.15) is 11.6 Å². The highest BCUT2D eigenvalue weighted by atomic mass is 35.5. The molecule has 0 aliphatic rings. The molecule has 0 aliphatic heterocycles. The summed E-state index contributed by atoms with van der Waals surface area (Å²) in [5.41, 5.74) is 1.83. The summed E-state index contributed by atoms with van der Waals surface area (Å²) >= 11 is 13.5. The zero-order valence-corrected chi connectivity index (χ0v) is 17.7. The van der Waals surface area contributed by atoms with Crippen molar-refractivity contribution in [2.75, 3.05) is 4.72 Å². The minimum Gasteiger partial charge on any atom is -0.316 e. The van der Waals surface area contributed by atoms with Gasteiger partial charge in [-0.3, -0.25) is 9.59 Å². The summed E-state index contributed by atoms with van der Waals surface area (Å²) in [5, 5.41) is 0.431. The van der Waals surface area contributed by atoms with Gasteiger partial charge in [0.05, 0.1) is 21.1 Å². The van der Waals surface area contributed by atoms with Crippen LogP contribution >= 0.6 is 35.1 Å². The maximum Gasteiger partial charge on any atom is 0.314 e. The Morgan fingerprint density at radius 1 is 1.00 bits per heavy atom. The Labute approximate surface area is 183 Å². The highest BCUT2D eigenvalue weighted by Crippen LogP contribution is 2.33. The van der Waals surface area contributed by atoms with Gasteiger partial charge in [-0.2, -0.15) is 0 Å². The molecule has 0 spiro atoms. The molecule has 0 unspecified atom stereocenters. The Hall–Kier alpha value is -2.81. The van der Waals surface area contributed by atoms with Gasteiger partial charge in [0.15, 0.2) is 0 Å². The number of fused-ring (bicyclic) bond motifs is 1. The van der Waals surface area contributed by atoms with Crippen LogP contribution in [0.3, 0.4) is 0 Å². The third-order valence-electron chi connectivity index (χ3n) is 4.37. The fourth-order valence-electron chi connectivity index (χ4n) is 2.83. The van der Waals surface area contributed by atoms with Crippen molar-refractivity contribution in [3.8, 4) is 11.1 Å². The second kappa shape index (κ2) is 8.14. The molecule has 0 saturated heterocycles. The highest BCUT2D eigenvalue weighted by Gasteiger charge is 2.10. The summed E-state index contributed by atoms with van der Waals surface area (Å²) in [5.74, 6) is 0.00628. The Morgan fingerprint density at radius 3 is 2.37 bits per heavy atom. The summed E-state index contributed by atoms with van der Waals surface area (Å²) in [4.78, 5) is 33.3. The second-order valence-electron chi connectivity index (χ2n) is 6.45. The van der Waals surface area contributed by atoms with Crippen molar-refractivity contribution in [1.82, 2.24) is 15.0 Å². The molecule has 0 fully saturated rings. The van der Waals surface area contributed by atoms with Gasteiger partial charge in [-0.15, -0.1) is 0 Å². The average molecular weight is 463 g/mol. The number of benzene rings is 2. The molecule has 4 aromatic rings. The van der Waals surface area contributed by atoms with Crippen molar-refractivity contribution in [2.24, 2.45) is 0 Å². The summed E-state index contributed by atoms with van der Waals surface area (Å²) in [6.07, 6.45) is 1.57. The Balaban J connectivity index is 1.58. The number of nitrogens with zero attached hydrogens (tertiary/aromatic N) is 1. The lowest BCUT2D eigenvalue weighted by Crippen LogP contribution is -2.28. The van der Waals surface area contributed by atoms with E-state index >= 15 is 0 Å². The first-order valence-corrected chi connectivity index (χ1v) is 10.2. The average Bonchev–Trinajstić information content (AvgIpc) is 2.70. The third-order valence-corrected chi connectivity index (χ3v) is 5.94. The number of rotatable bonds is 4. The van der Waals surface area contributed by atoms with Crippen molar-refractivity contribution in [3.05, 3.63) is 84.7 Å². The van der Waals surface area contributed by atoms with E-state index in [1.165, 1.54) is 24.1 Å². The van der Waals surface area contributed by atoms with E-state index in [0.29, 0.717) is 33.0 Å². The van der Waals surface area contributed by atoms with Crippen LogP contribution in [-0.2, 0) is 0 Å². The molecule has 2 heterocycles. The van der Waals surface area contributed by atoms with Crippen molar-refractivity contribution in [3.63, 3.8) is 0 Å². The van der Waals surface area contributed by atoms with Crippen LogP contribution < -0.4 is 15.8 Å². The van der Waals surface area contributed by atoms with E-state index in [1.807, 2.05) is 6.92 Å². The van der Waals surface area contributed by atoms with Crippen molar-refractivity contribution in [1.29, 1.82) is 0 Å². The molecular weight excluding hydrogens is 450 g/mol. The molecule has 2 aromatic heterocycles. The quantitative estimate of drug-likeness (QED) is 0.288. The van der Waals surface area contributed by atoms with Crippen LogP contribution in [0.4, 0.5) is 10.2 Å².